The summed E-state index contributed by atoms with van der Waals surface area (Å²) in [5, 5.41) is 12.1. The average molecular weight is 270 g/mol. The van der Waals surface area contributed by atoms with Gasteiger partial charge in [-0.2, -0.15) is 0 Å². The first-order valence-electron chi connectivity index (χ1n) is 7.54. The highest BCUT2D eigenvalue weighted by Crippen LogP contribution is 2.20. The van der Waals surface area contributed by atoms with E-state index in [1.54, 1.807) is 0 Å². The Morgan fingerprint density at radius 3 is 2.79 bits per heavy atom. The number of urea groups is 1. The zero-order valence-electron chi connectivity index (χ0n) is 11.6. The minimum absolute atomic E-state index is 0.0460. The molecule has 110 valence electrons. The van der Waals surface area contributed by atoms with Crippen LogP contribution in [0.15, 0.2) is 0 Å². The van der Waals surface area contributed by atoms with Gasteiger partial charge in [-0.3, -0.25) is 0 Å². The van der Waals surface area contributed by atoms with E-state index in [0.717, 1.165) is 58.4 Å². The van der Waals surface area contributed by atoms with Crippen molar-refractivity contribution in [2.75, 3.05) is 32.9 Å². The molecule has 0 radical (unpaired) electrons. The fourth-order valence-electron chi connectivity index (χ4n) is 3.00. The van der Waals surface area contributed by atoms with E-state index in [2.05, 4.69) is 5.32 Å². The zero-order chi connectivity index (χ0) is 13.5. The topological polar surface area (TPSA) is 61.8 Å². The summed E-state index contributed by atoms with van der Waals surface area (Å²) in [7, 11) is 0. The molecule has 0 aliphatic carbocycles. The van der Waals surface area contributed by atoms with Crippen LogP contribution in [0.1, 0.15) is 38.5 Å². The third-order valence-electron chi connectivity index (χ3n) is 4.23. The smallest absolute Gasteiger partial charge is 0.317 e. The molecule has 1 atom stereocenters. The molecule has 2 heterocycles. The number of hydrogen-bond donors (Lipinski definition) is 2. The first-order chi connectivity index (χ1) is 9.31. The Balaban J connectivity index is 1.76. The Morgan fingerprint density at radius 2 is 2.05 bits per heavy atom. The molecule has 2 fully saturated rings. The van der Waals surface area contributed by atoms with Crippen molar-refractivity contribution in [1.29, 1.82) is 0 Å². The van der Waals surface area contributed by atoms with Crippen LogP contribution in [0.3, 0.4) is 0 Å². The van der Waals surface area contributed by atoms with Crippen molar-refractivity contribution in [3.63, 3.8) is 0 Å². The standard InChI is InChI=1S/C14H26N2O3/c17-8-4-13-3-1-2-7-16(13)14(18)15-11-12-5-9-19-10-6-12/h12-13,17H,1-11H2,(H,15,18). The summed E-state index contributed by atoms with van der Waals surface area (Å²) in [6.07, 6.45) is 6.04. The van der Waals surface area contributed by atoms with Crippen LogP contribution in [0, 0.1) is 5.92 Å². The lowest BCUT2D eigenvalue weighted by Gasteiger charge is -2.36. The van der Waals surface area contributed by atoms with Crippen molar-refractivity contribution >= 4 is 6.03 Å². The molecular formula is C14H26N2O3. The molecular weight excluding hydrogens is 244 g/mol. The minimum atomic E-state index is 0.0460. The van der Waals surface area contributed by atoms with Crippen LogP contribution >= 0.6 is 0 Å². The Morgan fingerprint density at radius 1 is 1.26 bits per heavy atom. The molecule has 2 amide bonds. The van der Waals surface area contributed by atoms with E-state index in [4.69, 9.17) is 9.84 Å². The number of aliphatic hydroxyl groups is 1. The van der Waals surface area contributed by atoms with E-state index in [1.165, 1.54) is 0 Å². The molecule has 2 aliphatic heterocycles. The predicted molar refractivity (Wildman–Crippen MR) is 73.0 cm³/mol. The van der Waals surface area contributed by atoms with E-state index in [-0.39, 0.29) is 18.7 Å². The lowest BCUT2D eigenvalue weighted by molar-refractivity contribution is 0.0655. The van der Waals surface area contributed by atoms with Crippen LogP contribution in [-0.4, -0.2) is 55.0 Å². The van der Waals surface area contributed by atoms with E-state index in [0.29, 0.717) is 12.3 Å². The quantitative estimate of drug-likeness (QED) is 0.811. The summed E-state index contributed by atoms with van der Waals surface area (Å²) in [5.74, 6) is 0.554. The molecule has 0 aromatic rings. The number of rotatable bonds is 4. The molecule has 19 heavy (non-hydrogen) atoms. The van der Waals surface area contributed by atoms with E-state index < -0.39 is 0 Å². The zero-order valence-corrected chi connectivity index (χ0v) is 11.6. The molecule has 0 aromatic heterocycles. The van der Waals surface area contributed by atoms with Crippen LogP contribution in [0.25, 0.3) is 0 Å². The second-order valence-corrected chi connectivity index (χ2v) is 5.60. The van der Waals surface area contributed by atoms with Gasteiger partial charge >= 0.3 is 6.03 Å². The van der Waals surface area contributed by atoms with Gasteiger partial charge in [0.2, 0.25) is 0 Å². The molecule has 2 N–H and O–H groups in total. The number of nitrogens with one attached hydrogen (secondary N) is 1. The summed E-state index contributed by atoms with van der Waals surface area (Å²) in [6.45, 7) is 3.37. The summed E-state index contributed by atoms with van der Waals surface area (Å²) < 4.78 is 5.32. The number of ether oxygens (including phenoxy) is 1. The molecule has 1 unspecified atom stereocenters. The number of carbonyl (C=O) groups excluding carboxylic acids is 1. The number of carbonyl (C=O) groups is 1. The first-order valence-corrected chi connectivity index (χ1v) is 7.54. The Kier molecular flexibility index (Phi) is 5.92. The van der Waals surface area contributed by atoms with Gasteiger partial charge in [0.25, 0.3) is 0 Å². The lowest BCUT2D eigenvalue weighted by Crippen LogP contribution is -2.50. The van der Waals surface area contributed by atoms with Crippen LogP contribution in [0.2, 0.25) is 0 Å². The second kappa shape index (κ2) is 7.70. The van der Waals surface area contributed by atoms with Crippen molar-refractivity contribution in [1.82, 2.24) is 10.2 Å². The Labute approximate surface area is 115 Å². The Bertz CT molecular complexity index is 278. The van der Waals surface area contributed by atoms with Gasteiger partial charge in [-0.05, 0) is 44.4 Å². The lowest BCUT2D eigenvalue weighted by atomic mass is 9.99. The minimum Gasteiger partial charge on any atom is -0.396 e. The molecule has 2 saturated heterocycles. The van der Waals surface area contributed by atoms with Gasteiger partial charge < -0.3 is 20.1 Å². The summed E-state index contributed by atoms with van der Waals surface area (Å²) >= 11 is 0. The molecule has 0 saturated carbocycles. The van der Waals surface area contributed by atoms with Gasteiger partial charge in [0.05, 0.1) is 0 Å². The summed E-state index contributed by atoms with van der Waals surface area (Å²) in [6, 6.07) is 0.262. The predicted octanol–water partition coefficient (Wildman–Crippen LogP) is 1.36. The molecule has 5 heteroatoms. The SMILES string of the molecule is O=C(NCC1CCOCC1)N1CCCCC1CCO. The fraction of sp³-hybridized carbons (Fsp3) is 0.929. The van der Waals surface area contributed by atoms with Gasteiger partial charge in [-0.25, -0.2) is 4.79 Å². The average Bonchev–Trinajstić information content (AvgIpc) is 2.47. The highest BCUT2D eigenvalue weighted by molar-refractivity contribution is 5.74. The van der Waals surface area contributed by atoms with Gasteiger partial charge in [-0.15, -0.1) is 0 Å². The van der Waals surface area contributed by atoms with Crippen molar-refractivity contribution in [3.05, 3.63) is 0 Å². The van der Waals surface area contributed by atoms with Crippen LogP contribution in [0.5, 0.6) is 0 Å². The monoisotopic (exact) mass is 270 g/mol. The third kappa shape index (κ3) is 4.35. The summed E-state index contributed by atoms with van der Waals surface area (Å²) in [4.78, 5) is 14.1. The van der Waals surface area contributed by atoms with Crippen molar-refractivity contribution in [2.45, 2.75) is 44.6 Å². The maximum atomic E-state index is 12.2. The Hall–Kier alpha value is -0.810. The molecule has 2 rings (SSSR count). The first kappa shape index (κ1) is 14.6. The summed E-state index contributed by atoms with van der Waals surface area (Å²) in [5.41, 5.74) is 0. The fourth-order valence-corrected chi connectivity index (χ4v) is 3.00. The van der Waals surface area contributed by atoms with Crippen molar-refractivity contribution in [3.8, 4) is 0 Å². The number of piperidine rings is 1. The largest absolute Gasteiger partial charge is 0.396 e. The maximum Gasteiger partial charge on any atom is 0.317 e. The highest BCUT2D eigenvalue weighted by atomic mass is 16.5. The molecule has 2 aliphatic rings. The third-order valence-corrected chi connectivity index (χ3v) is 4.23. The number of likely N-dealkylation sites (tertiary alicyclic amines) is 1. The van der Waals surface area contributed by atoms with Crippen LogP contribution in [0.4, 0.5) is 4.79 Å². The second-order valence-electron chi connectivity index (χ2n) is 5.60. The van der Waals surface area contributed by atoms with Crippen LogP contribution < -0.4 is 5.32 Å². The number of aliphatic hydroxyl groups excluding tert-OH is 1. The van der Waals surface area contributed by atoms with Crippen molar-refractivity contribution in [2.24, 2.45) is 5.92 Å². The molecule has 0 aromatic carbocycles. The van der Waals surface area contributed by atoms with E-state index >= 15 is 0 Å². The number of nitrogens with zero attached hydrogens (tertiary/aromatic N) is 1. The number of amides is 2. The van der Waals surface area contributed by atoms with Crippen molar-refractivity contribution < 1.29 is 14.6 Å². The van der Waals surface area contributed by atoms with E-state index in [1.807, 2.05) is 4.90 Å². The maximum absolute atomic E-state index is 12.2. The van der Waals surface area contributed by atoms with Crippen LogP contribution in [-0.2, 0) is 4.74 Å². The van der Waals surface area contributed by atoms with Gasteiger partial charge in [0.15, 0.2) is 0 Å². The molecule has 0 bridgehead atoms. The van der Waals surface area contributed by atoms with Gasteiger partial charge in [0.1, 0.15) is 0 Å². The van der Waals surface area contributed by atoms with Gasteiger partial charge in [-0.1, -0.05) is 0 Å². The molecule has 5 nitrogen and oxygen atoms in total. The number of hydrogen-bond acceptors (Lipinski definition) is 3. The van der Waals surface area contributed by atoms with Gasteiger partial charge in [0, 0.05) is 39.0 Å². The molecule has 0 spiro atoms. The highest BCUT2D eigenvalue weighted by Gasteiger charge is 2.26. The van der Waals surface area contributed by atoms with E-state index in [9.17, 15) is 4.79 Å². The normalized spacial score (nSPS) is 25.3.